The minimum atomic E-state index is 0.0486. The molecule has 1 fully saturated rings. The van der Waals surface area contributed by atoms with E-state index in [4.69, 9.17) is 0 Å². The molecule has 0 radical (unpaired) electrons. The quantitative estimate of drug-likeness (QED) is 0.597. The van der Waals surface area contributed by atoms with Gasteiger partial charge in [-0.3, -0.25) is 4.79 Å². The molecule has 0 saturated heterocycles. The first-order chi connectivity index (χ1) is 5.19. The van der Waals surface area contributed by atoms with E-state index in [2.05, 4.69) is 13.8 Å². The van der Waals surface area contributed by atoms with E-state index >= 15 is 0 Å². The van der Waals surface area contributed by atoms with Crippen LogP contribution in [0.2, 0.25) is 0 Å². The molecule has 1 rings (SSSR count). The standard InChI is InChI=1S/C10H18O/c1-3-7-10(2)8-5-4-6-9(10)11/h3-8H2,1-2H3/t10-/m0/s1. The Morgan fingerprint density at radius 1 is 1.45 bits per heavy atom. The van der Waals surface area contributed by atoms with Gasteiger partial charge < -0.3 is 0 Å². The zero-order valence-corrected chi connectivity index (χ0v) is 7.65. The number of carbonyl (C=O) groups excluding carboxylic acids is 1. The van der Waals surface area contributed by atoms with E-state index in [0.29, 0.717) is 5.78 Å². The van der Waals surface area contributed by atoms with Crippen LogP contribution in [-0.2, 0) is 4.79 Å². The first kappa shape index (κ1) is 8.76. The largest absolute Gasteiger partial charge is 0.299 e. The van der Waals surface area contributed by atoms with Crippen molar-refractivity contribution >= 4 is 5.78 Å². The van der Waals surface area contributed by atoms with Crippen molar-refractivity contribution in [3.05, 3.63) is 0 Å². The van der Waals surface area contributed by atoms with Gasteiger partial charge in [-0.1, -0.05) is 26.7 Å². The molecule has 1 aliphatic carbocycles. The molecule has 0 heterocycles. The topological polar surface area (TPSA) is 17.1 Å². The van der Waals surface area contributed by atoms with Gasteiger partial charge in [-0.2, -0.15) is 0 Å². The van der Waals surface area contributed by atoms with Crippen LogP contribution in [0.15, 0.2) is 0 Å². The molecule has 1 saturated carbocycles. The van der Waals surface area contributed by atoms with Crippen LogP contribution in [0, 0.1) is 5.41 Å². The summed E-state index contributed by atoms with van der Waals surface area (Å²) in [5.74, 6) is 0.505. The van der Waals surface area contributed by atoms with Gasteiger partial charge in [-0.25, -0.2) is 0 Å². The van der Waals surface area contributed by atoms with Crippen LogP contribution >= 0.6 is 0 Å². The summed E-state index contributed by atoms with van der Waals surface area (Å²) in [6.45, 7) is 4.30. The van der Waals surface area contributed by atoms with Gasteiger partial charge in [0.2, 0.25) is 0 Å². The lowest BCUT2D eigenvalue weighted by Crippen LogP contribution is -2.30. The lowest BCUT2D eigenvalue weighted by atomic mass is 9.72. The Bertz CT molecular complexity index is 147. The van der Waals surface area contributed by atoms with Crippen molar-refractivity contribution in [1.82, 2.24) is 0 Å². The Morgan fingerprint density at radius 2 is 2.18 bits per heavy atom. The molecular weight excluding hydrogens is 136 g/mol. The second-order valence-electron chi connectivity index (χ2n) is 3.94. The third-order valence-corrected chi connectivity index (χ3v) is 2.86. The van der Waals surface area contributed by atoms with Crippen molar-refractivity contribution in [3.63, 3.8) is 0 Å². The Morgan fingerprint density at radius 3 is 2.73 bits per heavy atom. The van der Waals surface area contributed by atoms with Gasteiger partial charge in [0.1, 0.15) is 5.78 Å². The van der Waals surface area contributed by atoms with Gasteiger partial charge in [0, 0.05) is 11.8 Å². The molecule has 1 heteroatoms. The second kappa shape index (κ2) is 3.38. The van der Waals surface area contributed by atoms with E-state index in [1.54, 1.807) is 0 Å². The van der Waals surface area contributed by atoms with Gasteiger partial charge >= 0.3 is 0 Å². The predicted molar refractivity (Wildman–Crippen MR) is 46.5 cm³/mol. The first-order valence-electron chi connectivity index (χ1n) is 4.72. The molecule has 0 spiro atoms. The van der Waals surface area contributed by atoms with Gasteiger partial charge in [-0.05, 0) is 19.3 Å². The maximum absolute atomic E-state index is 11.5. The van der Waals surface area contributed by atoms with E-state index in [9.17, 15) is 4.79 Å². The number of hydrogen-bond donors (Lipinski definition) is 0. The number of rotatable bonds is 2. The molecule has 0 aromatic rings. The third kappa shape index (κ3) is 1.82. The second-order valence-corrected chi connectivity index (χ2v) is 3.94. The molecule has 0 amide bonds. The summed E-state index contributed by atoms with van der Waals surface area (Å²) in [5.41, 5.74) is 0.0486. The fraction of sp³-hybridized carbons (Fsp3) is 0.900. The summed E-state index contributed by atoms with van der Waals surface area (Å²) < 4.78 is 0. The number of ketones is 1. The number of Topliss-reactive ketones (excluding diaryl/α,β-unsaturated/α-hetero) is 1. The molecule has 64 valence electrons. The SMILES string of the molecule is CCC[C@@]1(C)CCCCC1=O. The number of hydrogen-bond acceptors (Lipinski definition) is 1. The van der Waals surface area contributed by atoms with Crippen LogP contribution in [0.4, 0.5) is 0 Å². The minimum absolute atomic E-state index is 0.0486. The minimum Gasteiger partial charge on any atom is -0.299 e. The molecule has 0 aromatic carbocycles. The monoisotopic (exact) mass is 154 g/mol. The summed E-state index contributed by atoms with van der Waals surface area (Å²) in [6.07, 6.45) is 6.56. The van der Waals surface area contributed by atoms with Crippen LogP contribution in [-0.4, -0.2) is 5.78 Å². The van der Waals surface area contributed by atoms with Gasteiger partial charge in [0.15, 0.2) is 0 Å². The Kier molecular flexibility index (Phi) is 2.69. The third-order valence-electron chi connectivity index (χ3n) is 2.86. The van der Waals surface area contributed by atoms with E-state index < -0.39 is 0 Å². The maximum Gasteiger partial charge on any atom is 0.138 e. The van der Waals surface area contributed by atoms with Crippen molar-refractivity contribution < 1.29 is 4.79 Å². The average Bonchev–Trinajstić information content (AvgIpc) is 1.96. The molecule has 0 aromatic heterocycles. The zero-order valence-electron chi connectivity index (χ0n) is 7.65. The van der Waals surface area contributed by atoms with E-state index in [1.165, 1.54) is 6.42 Å². The van der Waals surface area contributed by atoms with Crippen LogP contribution < -0.4 is 0 Å². The van der Waals surface area contributed by atoms with E-state index in [-0.39, 0.29) is 5.41 Å². The molecule has 0 N–H and O–H groups in total. The Balaban J connectivity index is 2.57. The van der Waals surface area contributed by atoms with Crippen LogP contribution in [0.1, 0.15) is 52.4 Å². The van der Waals surface area contributed by atoms with Crippen molar-refractivity contribution in [2.75, 3.05) is 0 Å². The van der Waals surface area contributed by atoms with Crippen LogP contribution in [0.3, 0.4) is 0 Å². The molecule has 0 unspecified atom stereocenters. The van der Waals surface area contributed by atoms with Crippen molar-refractivity contribution in [2.45, 2.75) is 52.4 Å². The fourth-order valence-electron chi connectivity index (χ4n) is 2.06. The highest BCUT2D eigenvalue weighted by Gasteiger charge is 2.33. The summed E-state index contributed by atoms with van der Waals surface area (Å²) in [4.78, 5) is 11.5. The predicted octanol–water partition coefficient (Wildman–Crippen LogP) is 2.94. The highest BCUT2D eigenvalue weighted by atomic mass is 16.1. The maximum atomic E-state index is 11.5. The molecule has 11 heavy (non-hydrogen) atoms. The molecule has 1 nitrogen and oxygen atoms in total. The van der Waals surface area contributed by atoms with E-state index in [1.807, 2.05) is 0 Å². The van der Waals surface area contributed by atoms with Gasteiger partial charge in [0.05, 0.1) is 0 Å². The van der Waals surface area contributed by atoms with Gasteiger partial charge in [0.25, 0.3) is 0 Å². The fourth-order valence-corrected chi connectivity index (χ4v) is 2.06. The molecule has 0 bridgehead atoms. The smallest absolute Gasteiger partial charge is 0.138 e. The Hall–Kier alpha value is -0.330. The van der Waals surface area contributed by atoms with Crippen molar-refractivity contribution in [1.29, 1.82) is 0 Å². The highest BCUT2D eigenvalue weighted by molar-refractivity contribution is 5.84. The summed E-state index contributed by atoms with van der Waals surface area (Å²) in [5, 5.41) is 0. The van der Waals surface area contributed by atoms with Crippen molar-refractivity contribution in [2.24, 2.45) is 5.41 Å². The summed E-state index contributed by atoms with van der Waals surface area (Å²) in [7, 11) is 0. The van der Waals surface area contributed by atoms with Crippen molar-refractivity contribution in [3.8, 4) is 0 Å². The first-order valence-corrected chi connectivity index (χ1v) is 4.72. The number of carbonyl (C=O) groups is 1. The molecular formula is C10H18O. The zero-order chi connectivity index (χ0) is 8.32. The van der Waals surface area contributed by atoms with Crippen LogP contribution in [0.25, 0.3) is 0 Å². The Labute approximate surface area is 69.2 Å². The van der Waals surface area contributed by atoms with E-state index in [0.717, 1.165) is 32.1 Å². The molecule has 1 atom stereocenters. The average molecular weight is 154 g/mol. The lowest BCUT2D eigenvalue weighted by molar-refractivity contribution is -0.130. The van der Waals surface area contributed by atoms with Crippen LogP contribution in [0.5, 0.6) is 0 Å². The summed E-state index contributed by atoms with van der Waals surface area (Å²) >= 11 is 0. The normalized spacial score (nSPS) is 32.4. The lowest BCUT2D eigenvalue weighted by Gasteiger charge is -2.31. The van der Waals surface area contributed by atoms with Gasteiger partial charge in [-0.15, -0.1) is 0 Å². The highest BCUT2D eigenvalue weighted by Crippen LogP contribution is 2.36. The molecule has 0 aliphatic heterocycles. The molecule has 1 aliphatic rings. The summed E-state index contributed by atoms with van der Waals surface area (Å²) in [6, 6.07) is 0.